The number of rotatable bonds is 6. The van der Waals surface area contributed by atoms with Crippen LogP contribution in [0.25, 0.3) is 0 Å². The van der Waals surface area contributed by atoms with Gasteiger partial charge in [-0.25, -0.2) is 0 Å². The van der Waals surface area contributed by atoms with Crippen LogP contribution in [0.2, 0.25) is 0 Å². The maximum absolute atomic E-state index is 7.85. The Balaban J connectivity index is 1.97. The van der Waals surface area contributed by atoms with Gasteiger partial charge in [-0.05, 0) is 17.2 Å². The van der Waals surface area contributed by atoms with Crippen molar-refractivity contribution in [1.82, 2.24) is 4.98 Å². The number of nitrogens with zero attached hydrogens (tertiary/aromatic N) is 2. The molecule has 0 saturated heterocycles. The molecule has 3 rings (SSSR count). The van der Waals surface area contributed by atoms with Crippen LogP contribution in [0, 0.1) is 5.41 Å². The van der Waals surface area contributed by atoms with Crippen LogP contribution in [0.4, 0.5) is 5.69 Å². The lowest BCUT2D eigenvalue weighted by molar-refractivity contribution is 0.796. The summed E-state index contributed by atoms with van der Waals surface area (Å²) in [6.45, 7) is 1.45. The van der Waals surface area contributed by atoms with E-state index < -0.39 is 0 Å². The van der Waals surface area contributed by atoms with Gasteiger partial charge < -0.3 is 10.6 Å². The minimum absolute atomic E-state index is 0.0542. The van der Waals surface area contributed by atoms with Crippen molar-refractivity contribution in [1.29, 1.82) is 5.41 Å². The molecule has 0 unspecified atom stereocenters. The lowest BCUT2D eigenvalue weighted by Gasteiger charge is -2.27. The molecular weight excluding hydrogens is 296 g/mol. The number of nitrogens with one attached hydrogen (secondary N) is 1. The van der Waals surface area contributed by atoms with Gasteiger partial charge in [0.25, 0.3) is 0 Å². The third-order valence-electron chi connectivity index (χ3n) is 3.86. The molecule has 120 valence electrons. The predicted octanol–water partition coefficient (Wildman–Crippen LogP) is 3.57. The molecule has 1 heterocycles. The van der Waals surface area contributed by atoms with E-state index in [-0.39, 0.29) is 5.84 Å². The fourth-order valence-electron chi connectivity index (χ4n) is 2.70. The Morgan fingerprint density at radius 2 is 1.42 bits per heavy atom. The number of aromatic nitrogens is 1. The zero-order chi connectivity index (χ0) is 16.8. The monoisotopic (exact) mass is 316 g/mol. The Labute approximate surface area is 142 Å². The van der Waals surface area contributed by atoms with Crippen LogP contribution in [0.5, 0.6) is 0 Å². The van der Waals surface area contributed by atoms with Crippen molar-refractivity contribution in [3.8, 4) is 0 Å². The second-order valence-electron chi connectivity index (χ2n) is 5.63. The van der Waals surface area contributed by atoms with E-state index in [0.717, 1.165) is 18.8 Å². The lowest BCUT2D eigenvalue weighted by Crippen LogP contribution is -2.26. The SMILES string of the molecule is N=C(N)c1ccncc1N(Cc1ccccc1)Cc1ccccc1. The number of hydrogen-bond donors (Lipinski definition) is 2. The summed E-state index contributed by atoms with van der Waals surface area (Å²) < 4.78 is 0. The van der Waals surface area contributed by atoms with E-state index in [4.69, 9.17) is 11.1 Å². The van der Waals surface area contributed by atoms with Gasteiger partial charge in [0.05, 0.1) is 11.9 Å². The summed E-state index contributed by atoms with van der Waals surface area (Å²) in [5.74, 6) is 0.0542. The molecule has 0 amide bonds. The summed E-state index contributed by atoms with van der Waals surface area (Å²) in [6, 6.07) is 22.3. The highest BCUT2D eigenvalue weighted by molar-refractivity contribution is 6.00. The molecule has 0 spiro atoms. The van der Waals surface area contributed by atoms with E-state index in [1.54, 1.807) is 18.5 Å². The van der Waals surface area contributed by atoms with Gasteiger partial charge in [0.15, 0.2) is 0 Å². The molecule has 0 aliphatic carbocycles. The second-order valence-corrected chi connectivity index (χ2v) is 5.63. The Kier molecular flexibility index (Phi) is 4.87. The Bertz CT molecular complexity index is 759. The van der Waals surface area contributed by atoms with Gasteiger partial charge in [0.2, 0.25) is 0 Å². The van der Waals surface area contributed by atoms with Crippen LogP contribution in [-0.2, 0) is 13.1 Å². The fourth-order valence-corrected chi connectivity index (χ4v) is 2.70. The maximum atomic E-state index is 7.85. The van der Waals surface area contributed by atoms with Gasteiger partial charge in [-0.2, -0.15) is 0 Å². The molecule has 0 aliphatic heterocycles. The first-order valence-corrected chi connectivity index (χ1v) is 7.85. The summed E-state index contributed by atoms with van der Waals surface area (Å²) in [5, 5.41) is 7.85. The summed E-state index contributed by atoms with van der Waals surface area (Å²) in [6.07, 6.45) is 3.45. The zero-order valence-corrected chi connectivity index (χ0v) is 13.4. The van der Waals surface area contributed by atoms with Crippen molar-refractivity contribution in [3.63, 3.8) is 0 Å². The maximum Gasteiger partial charge on any atom is 0.125 e. The van der Waals surface area contributed by atoms with Crippen LogP contribution >= 0.6 is 0 Å². The molecule has 1 aromatic heterocycles. The second kappa shape index (κ2) is 7.42. The summed E-state index contributed by atoms with van der Waals surface area (Å²) in [4.78, 5) is 6.44. The fraction of sp³-hybridized carbons (Fsp3) is 0.100. The topological polar surface area (TPSA) is 66.0 Å². The highest BCUT2D eigenvalue weighted by Gasteiger charge is 2.14. The van der Waals surface area contributed by atoms with Crippen molar-refractivity contribution in [2.24, 2.45) is 5.73 Å². The van der Waals surface area contributed by atoms with E-state index in [1.165, 1.54) is 11.1 Å². The van der Waals surface area contributed by atoms with Gasteiger partial charge in [-0.15, -0.1) is 0 Å². The van der Waals surface area contributed by atoms with Gasteiger partial charge >= 0.3 is 0 Å². The summed E-state index contributed by atoms with van der Waals surface area (Å²) in [7, 11) is 0. The smallest absolute Gasteiger partial charge is 0.125 e. The lowest BCUT2D eigenvalue weighted by atomic mass is 10.1. The molecule has 3 N–H and O–H groups in total. The summed E-state index contributed by atoms with van der Waals surface area (Å²) in [5.41, 5.74) is 9.75. The molecule has 4 nitrogen and oxygen atoms in total. The molecule has 2 aromatic carbocycles. The van der Waals surface area contributed by atoms with Crippen LogP contribution in [0.1, 0.15) is 16.7 Å². The average molecular weight is 316 g/mol. The minimum atomic E-state index is 0.0542. The van der Waals surface area contributed by atoms with Crippen molar-refractivity contribution < 1.29 is 0 Å². The molecular formula is C20H20N4. The van der Waals surface area contributed by atoms with Gasteiger partial charge in [0.1, 0.15) is 5.84 Å². The molecule has 24 heavy (non-hydrogen) atoms. The number of nitrogen functional groups attached to an aromatic ring is 1. The van der Waals surface area contributed by atoms with Crippen LogP contribution in [0.3, 0.4) is 0 Å². The minimum Gasteiger partial charge on any atom is -0.384 e. The molecule has 0 saturated carbocycles. The third-order valence-corrected chi connectivity index (χ3v) is 3.86. The summed E-state index contributed by atoms with van der Waals surface area (Å²) >= 11 is 0. The quantitative estimate of drug-likeness (QED) is 0.539. The third kappa shape index (κ3) is 3.79. The van der Waals surface area contributed by atoms with Crippen LogP contribution in [-0.4, -0.2) is 10.8 Å². The van der Waals surface area contributed by atoms with E-state index in [0.29, 0.717) is 5.56 Å². The first-order valence-electron chi connectivity index (χ1n) is 7.85. The van der Waals surface area contributed by atoms with E-state index >= 15 is 0 Å². The molecule has 0 bridgehead atoms. The average Bonchev–Trinajstić information content (AvgIpc) is 2.63. The predicted molar refractivity (Wildman–Crippen MR) is 98.0 cm³/mol. The van der Waals surface area contributed by atoms with Crippen molar-refractivity contribution in [2.75, 3.05) is 4.90 Å². The van der Waals surface area contributed by atoms with Crippen molar-refractivity contribution in [3.05, 3.63) is 95.8 Å². The highest BCUT2D eigenvalue weighted by atomic mass is 15.1. The standard InChI is InChI=1S/C20H20N4/c21-20(22)18-11-12-23-13-19(18)24(14-16-7-3-1-4-8-16)15-17-9-5-2-6-10-17/h1-13H,14-15H2,(H3,21,22). The molecule has 0 aliphatic rings. The molecule has 0 atom stereocenters. The molecule has 0 radical (unpaired) electrons. The number of pyridine rings is 1. The largest absolute Gasteiger partial charge is 0.384 e. The van der Waals surface area contributed by atoms with Gasteiger partial charge in [-0.3, -0.25) is 10.4 Å². The van der Waals surface area contributed by atoms with E-state index in [2.05, 4.69) is 34.1 Å². The first-order chi connectivity index (χ1) is 11.7. The van der Waals surface area contributed by atoms with Crippen molar-refractivity contribution in [2.45, 2.75) is 13.1 Å². The number of benzene rings is 2. The Morgan fingerprint density at radius 3 is 1.92 bits per heavy atom. The first kappa shape index (κ1) is 15.7. The van der Waals surface area contributed by atoms with Gasteiger partial charge in [0, 0.05) is 24.8 Å². The number of anilines is 1. The molecule has 3 aromatic rings. The number of hydrogen-bond acceptors (Lipinski definition) is 3. The normalized spacial score (nSPS) is 10.3. The van der Waals surface area contributed by atoms with Crippen molar-refractivity contribution >= 4 is 11.5 Å². The zero-order valence-electron chi connectivity index (χ0n) is 13.4. The molecule has 0 fully saturated rings. The van der Waals surface area contributed by atoms with Crippen LogP contribution in [0.15, 0.2) is 79.1 Å². The Hall–Kier alpha value is -3.14. The van der Waals surface area contributed by atoms with Crippen LogP contribution < -0.4 is 10.6 Å². The molecule has 4 heteroatoms. The number of amidine groups is 1. The van der Waals surface area contributed by atoms with E-state index in [1.807, 2.05) is 36.4 Å². The van der Waals surface area contributed by atoms with Gasteiger partial charge in [-0.1, -0.05) is 60.7 Å². The number of nitrogens with two attached hydrogens (primary N) is 1. The Morgan fingerprint density at radius 1 is 0.875 bits per heavy atom. The van der Waals surface area contributed by atoms with E-state index in [9.17, 15) is 0 Å². The highest BCUT2D eigenvalue weighted by Crippen LogP contribution is 2.23.